The van der Waals surface area contributed by atoms with E-state index in [-0.39, 0.29) is 29.6 Å². The number of carbonyl (C=O) groups is 1. The molecule has 8 heteroatoms. The molecule has 0 aliphatic carbocycles. The Morgan fingerprint density at radius 1 is 0.944 bits per heavy atom. The third-order valence-electron chi connectivity index (χ3n) is 1.99. The summed E-state index contributed by atoms with van der Waals surface area (Å²) in [6, 6.07) is 0. The van der Waals surface area contributed by atoms with Gasteiger partial charge in [0.05, 0.1) is 0 Å². The van der Waals surface area contributed by atoms with Crippen LogP contribution in [0.5, 0.6) is 0 Å². The quantitative estimate of drug-likeness (QED) is 0.307. The van der Waals surface area contributed by atoms with Gasteiger partial charge in [-0.05, 0) is 6.42 Å². The number of carboxylic acid groups (broad SMARTS) is 1. The van der Waals surface area contributed by atoms with Crippen molar-refractivity contribution < 1.29 is 29.1 Å². The molecule has 0 heterocycles. The number of hydrogen-bond acceptors (Lipinski definition) is 2. The van der Waals surface area contributed by atoms with Crippen LogP contribution >= 0.6 is 7.82 Å². The van der Waals surface area contributed by atoms with Gasteiger partial charge in [-0.15, -0.1) is 0 Å². The fraction of sp³-hybridized carbons (Fsp3) is 0.900. The van der Waals surface area contributed by atoms with E-state index in [9.17, 15) is 4.79 Å². The Bertz CT molecular complexity index is 222. The molecule has 0 aromatic heterocycles. The van der Waals surface area contributed by atoms with E-state index in [1.165, 1.54) is 32.1 Å². The molecule has 106 valence electrons. The fourth-order valence-electron chi connectivity index (χ4n) is 1.23. The second-order valence-electron chi connectivity index (χ2n) is 3.78. The Balaban J connectivity index is -0.000000321. The number of rotatable bonds is 8. The average Bonchev–Trinajstić information content (AvgIpc) is 2.13. The first-order valence-electron chi connectivity index (χ1n) is 5.77. The molecule has 0 amide bonds. The SMILES string of the molecule is CCCCCCCCCC(=O)O.O=P(O)(O)O.[NaH]. The fourth-order valence-corrected chi connectivity index (χ4v) is 1.23. The van der Waals surface area contributed by atoms with Crippen LogP contribution in [0.1, 0.15) is 58.3 Å². The van der Waals surface area contributed by atoms with Crippen molar-refractivity contribution in [3.8, 4) is 0 Å². The Morgan fingerprint density at radius 2 is 1.28 bits per heavy atom. The maximum absolute atomic E-state index is 10.1. The summed E-state index contributed by atoms with van der Waals surface area (Å²) in [4.78, 5) is 31.7. The standard InChI is InChI=1S/C10H20O2.Na.H3O4P.H/c1-2-3-4-5-6-7-8-9-10(11)12;;1-5(2,3)4;/h2-9H2,1H3,(H,11,12);;(H3,1,2,3,4);. The van der Waals surface area contributed by atoms with E-state index in [1.54, 1.807) is 0 Å². The first kappa shape index (κ1) is 23.7. The molecular weight excluding hydrogens is 270 g/mol. The van der Waals surface area contributed by atoms with Crippen LogP contribution < -0.4 is 0 Å². The predicted molar refractivity (Wildman–Crippen MR) is 71.7 cm³/mol. The molecule has 0 atom stereocenters. The average molecular weight is 294 g/mol. The zero-order chi connectivity index (χ0) is 13.7. The van der Waals surface area contributed by atoms with Crippen molar-refractivity contribution in [3.63, 3.8) is 0 Å². The van der Waals surface area contributed by atoms with E-state index in [2.05, 4.69) is 6.92 Å². The van der Waals surface area contributed by atoms with Crippen LogP contribution in [0, 0.1) is 0 Å². The summed E-state index contributed by atoms with van der Waals surface area (Å²) >= 11 is 0. The van der Waals surface area contributed by atoms with Gasteiger partial charge in [-0.3, -0.25) is 4.79 Å². The summed E-state index contributed by atoms with van der Waals surface area (Å²) in [7, 11) is -4.64. The molecule has 0 aromatic rings. The molecule has 0 bridgehead atoms. The van der Waals surface area contributed by atoms with Crippen molar-refractivity contribution in [1.29, 1.82) is 0 Å². The Labute approximate surface area is 130 Å². The number of hydrogen-bond donors (Lipinski definition) is 4. The molecule has 0 radical (unpaired) electrons. The number of carboxylic acids is 1. The van der Waals surface area contributed by atoms with Crippen molar-refractivity contribution in [1.82, 2.24) is 0 Å². The summed E-state index contributed by atoms with van der Waals surface area (Å²) in [6.07, 6.45) is 8.64. The number of aliphatic carboxylic acids is 1. The molecule has 0 fully saturated rings. The summed E-state index contributed by atoms with van der Waals surface area (Å²) in [5.41, 5.74) is 0. The molecule has 0 aliphatic heterocycles. The number of unbranched alkanes of at least 4 members (excludes halogenated alkanes) is 6. The maximum atomic E-state index is 10.1. The molecule has 0 aliphatic rings. The van der Waals surface area contributed by atoms with Crippen molar-refractivity contribution in [2.75, 3.05) is 0 Å². The molecule has 18 heavy (non-hydrogen) atoms. The van der Waals surface area contributed by atoms with Crippen LogP contribution in [0.2, 0.25) is 0 Å². The van der Waals surface area contributed by atoms with Gasteiger partial charge in [0.25, 0.3) is 0 Å². The van der Waals surface area contributed by atoms with Crippen LogP contribution in [0.25, 0.3) is 0 Å². The van der Waals surface area contributed by atoms with Crippen LogP contribution in [0.3, 0.4) is 0 Å². The predicted octanol–water partition coefficient (Wildman–Crippen LogP) is 1.63. The van der Waals surface area contributed by atoms with Gasteiger partial charge in [0.2, 0.25) is 0 Å². The van der Waals surface area contributed by atoms with Gasteiger partial charge in [0.1, 0.15) is 0 Å². The molecular formula is C10H24NaO6P. The summed E-state index contributed by atoms with van der Waals surface area (Å²) in [5, 5.41) is 8.35. The monoisotopic (exact) mass is 294 g/mol. The molecule has 0 spiro atoms. The van der Waals surface area contributed by atoms with Gasteiger partial charge >= 0.3 is 43.3 Å². The third-order valence-corrected chi connectivity index (χ3v) is 1.99. The molecule has 0 aromatic carbocycles. The van der Waals surface area contributed by atoms with E-state index in [1.807, 2.05) is 0 Å². The Hall–Kier alpha value is 0.580. The van der Waals surface area contributed by atoms with E-state index in [0.717, 1.165) is 12.8 Å². The van der Waals surface area contributed by atoms with Crippen LogP contribution in [-0.4, -0.2) is 55.3 Å². The minimum atomic E-state index is -4.64. The van der Waals surface area contributed by atoms with Gasteiger partial charge in [-0.1, -0.05) is 45.4 Å². The number of phosphoric acid groups is 1. The van der Waals surface area contributed by atoms with Gasteiger partial charge < -0.3 is 19.8 Å². The molecule has 0 rings (SSSR count). The zero-order valence-electron chi connectivity index (χ0n) is 10.2. The van der Waals surface area contributed by atoms with Gasteiger partial charge in [-0.2, -0.15) is 0 Å². The molecule has 0 saturated heterocycles. The molecule has 4 N–H and O–H groups in total. The zero-order valence-corrected chi connectivity index (χ0v) is 11.1. The minimum absolute atomic E-state index is 0. The van der Waals surface area contributed by atoms with Crippen LogP contribution in [0.4, 0.5) is 0 Å². The van der Waals surface area contributed by atoms with Crippen molar-refractivity contribution in [2.24, 2.45) is 0 Å². The van der Waals surface area contributed by atoms with Crippen LogP contribution in [0.15, 0.2) is 0 Å². The van der Waals surface area contributed by atoms with E-state index in [0.29, 0.717) is 6.42 Å². The summed E-state index contributed by atoms with van der Waals surface area (Å²) in [5.74, 6) is -0.663. The van der Waals surface area contributed by atoms with Gasteiger partial charge in [0.15, 0.2) is 0 Å². The topological polar surface area (TPSA) is 115 Å². The molecule has 0 unspecified atom stereocenters. The van der Waals surface area contributed by atoms with Gasteiger partial charge in [0, 0.05) is 6.42 Å². The first-order chi connectivity index (χ1) is 7.77. The molecule has 0 saturated carbocycles. The third kappa shape index (κ3) is 43.9. The summed E-state index contributed by atoms with van der Waals surface area (Å²) in [6.45, 7) is 2.20. The van der Waals surface area contributed by atoms with Gasteiger partial charge in [-0.25, -0.2) is 4.57 Å². The molecule has 6 nitrogen and oxygen atoms in total. The van der Waals surface area contributed by atoms with Crippen LogP contribution in [-0.2, 0) is 9.36 Å². The van der Waals surface area contributed by atoms with E-state index in [4.69, 9.17) is 24.4 Å². The van der Waals surface area contributed by atoms with E-state index < -0.39 is 13.8 Å². The second kappa shape index (κ2) is 15.6. The summed E-state index contributed by atoms with van der Waals surface area (Å²) < 4.78 is 8.88. The Morgan fingerprint density at radius 3 is 1.61 bits per heavy atom. The normalized spacial score (nSPS) is 10.0. The second-order valence-corrected chi connectivity index (χ2v) is 4.80. The van der Waals surface area contributed by atoms with E-state index >= 15 is 0 Å². The van der Waals surface area contributed by atoms with Crippen molar-refractivity contribution in [3.05, 3.63) is 0 Å². The van der Waals surface area contributed by atoms with Crippen molar-refractivity contribution >= 4 is 43.3 Å². The van der Waals surface area contributed by atoms with Crippen molar-refractivity contribution in [2.45, 2.75) is 58.3 Å². The Kier molecular flexibility index (Phi) is 20.6. The first-order valence-corrected chi connectivity index (χ1v) is 7.34.